The van der Waals surface area contributed by atoms with Crippen molar-refractivity contribution in [3.8, 4) is 0 Å². The van der Waals surface area contributed by atoms with Crippen molar-refractivity contribution in [2.45, 2.75) is 20.4 Å². The minimum absolute atomic E-state index is 0.792. The highest BCUT2D eigenvalue weighted by Gasteiger charge is 2.21. The van der Waals surface area contributed by atoms with Gasteiger partial charge in [0.2, 0.25) is 11.9 Å². The van der Waals surface area contributed by atoms with Crippen LogP contribution in [0.3, 0.4) is 0 Å². The number of hydrogen-bond acceptors (Lipinski definition) is 7. The predicted octanol–water partition coefficient (Wildman–Crippen LogP) is 2.93. The maximum atomic E-state index is 4.91. The fourth-order valence-corrected chi connectivity index (χ4v) is 3.56. The summed E-state index contributed by atoms with van der Waals surface area (Å²) >= 11 is 0. The second kappa shape index (κ2) is 8.86. The smallest absolute Gasteiger partial charge is 0.227 e. The van der Waals surface area contributed by atoms with Crippen molar-refractivity contribution < 1.29 is 0 Å². The molecule has 2 aromatic heterocycles. The molecule has 0 spiro atoms. The van der Waals surface area contributed by atoms with Crippen molar-refractivity contribution in [3.05, 3.63) is 66.1 Å². The average Bonchev–Trinajstić information content (AvgIpc) is 2.78. The minimum Gasteiger partial charge on any atom is -0.353 e. The second-order valence-corrected chi connectivity index (χ2v) is 7.19. The summed E-state index contributed by atoms with van der Waals surface area (Å²) in [4.78, 5) is 25.1. The zero-order valence-corrected chi connectivity index (χ0v) is 17.1. The van der Waals surface area contributed by atoms with Gasteiger partial charge in [-0.1, -0.05) is 30.3 Å². The van der Waals surface area contributed by atoms with Gasteiger partial charge in [-0.3, -0.25) is 0 Å². The number of nitrogens with zero attached hydrogens (tertiary/aromatic N) is 7. The van der Waals surface area contributed by atoms with Crippen molar-refractivity contribution in [3.63, 3.8) is 0 Å². The highest BCUT2D eigenvalue weighted by molar-refractivity contribution is 5.48. The van der Waals surface area contributed by atoms with Gasteiger partial charge >= 0.3 is 0 Å². The van der Waals surface area contributed by atoms with E-state index in [0.717, 1.165) is 62.7 Å². The summed E-state index contributed by atoms with van der Waals surface area (Å²) in [6, 6.07) is 14.4. The number of benzene rings is 1. The molecule has 0 N–H and O–H groups in total. The van der Waals surface area contributed by atoms with Crippen LogP contribution in [-0.2, 0) is 6.54 Å². The molecule has 0 saturated carbocycles. The maximum absolute atomic E-state index is 4.91. The highest BCUT2D eigenvalue weighted by Crippen LogP contribution is 2.21. The third kappa shape index (κ3) is 4.62. The molecule has 0 radical (unpaired) electrons. The highest BCUT2D eigenvalue weighted by atomic mass is 15.3. The van der Waals surface area contributed by atoms with Crippen molar-refractivity contribution in [1.82, 2.24) is 19.9 Å². The van der Waals surface area contributed by atoms with Crippen LogP contribution in [0.5, 0.6) is 0 Å². The van der Waals surface area contributed by atoms with Crippen molar-refractivity contribution in [2.75, 3.05) is 47.4 Å². The van der Waals surface area contributed by atoms with Gasteiger partial charge in [-0.25, -0.2) is 15.0 Å². The van der Waals surface area contributed by atoms with Gasteiger partial charge in [-0.05, 0) is 25.5 Å². The lowest BCUT2D eigenvalue weighted by Gasteiger charge is -2.35. The molecule has 150 valence electrons. The van der Waals surface area contributed by atoms with Gasteiger partial charge in [0.05, 0.1) is 0 Å². The van der Waals surface area contributed by atoms with E-state index in [-0.39, 0.29) is 0 Å². The first kappa shape index (κ1) is 19.1. The van der Waals surface area contributed by atoms with E-state index in [0.29, 0.717) is 0 Å². The van der Waals surface area contributed by atoms with Crippen LogP contribution in [0.4, 0.5) is 17.7 Å². The molecule has 0 aliphatic carbocycles. The fraction of sp³-hybridized carbons (Fsp3) is 0.364. The maximum Gasteiger partial charge on any atom is 0.227 e. The lowest BCUT2D eigenvalue weighted by molar-refractivity contribution is 0.632. The Balaban J connectivity index is 1.48. The predicted molar refractivity (Wildman–Crippen MR) is 116 cm³/mol. The zero-order chi connectivity index (χ0) is 20.1. The van der Waals surface area contributed by atoms with Gasteiger partial charge in [0.1, 0.15) is 5.82 Å². The number of aryl methyl sites for hydroxylation is 1. The van der Waals surface area contributed by atoms with Gasteiger partial charge in [-0.15, -0.1) is 0 Å². The minimum atomic E-state index is 0.792. The molecule has 0 amide bonds. The third-order valence-corrected chi connectivity index (χ3v) is 5.15. The van der Waals surface area contributed by atoms with E-state index in [1.54, 1.807) is 12.4 Å². The van der Waals surface area contributed by atoms with E-state index in [9.17, 15) is 0 Å². The first-order valence-corrected chi connectivity index (χ1v) is 10.1. The van der Waals surface area contributed by atoms with E-state index in [4.69, 9.17) is 9.97 Å². The third-order valence-electron chi connectivity index (χ3n) is 5.15. The van der Waals surface area contributed by atoms with Crippen molar-refractivity contribution >= 4 is 17.7 Å². The number of rotatable bonds is 6. The Kier molecular flexibility index (Phi) is 5.84. The number of aromatic nitrogens is 4. The number of hydrogen-bond donors (Lipinski definition) is 0. The second-order valence-electron chi connectivity index (χ2n) is 7.19. The number of piperazine rings is 1. The first-order chi connectivity index (χ1) is 14.2. The van der Waals surface area contributed by atoms with E-state index < -0.39 is 0 Å². The Labute approximate surface area is 172 Å². The summed E-state index contributed by atoms with van der Waals surface area (Å²) in [5.74, 6) is 2.58. The monoisotopic (exact) mass is 389 g/mol. The Morgan fingerprint density at radius 2 is 1.59 bits per heavy atom. The van der Waals surface area contributed by atoms with Crippen LogP contribution in [0.1, 0.15) is 18.2 Å². The molecule has 7 heteroatoms. The van der Waals surface area contributed by atoms with Crippen LogP contribution in [-0.4, -0.2) is 52.7 Å². The van der Waals surface area contributed by atoms with E-state index >= 15 is 0 Å². The van der Waals surface area contributed by atoms with Crippen LogP contribution >= 0.6 is 0 Å². The number of anilines is 3. The molecule has 1 aliphatic heterocycles. The van der Waals surface area contributed by atoms with Gasteiger partial charge < -0.3 is 14.7 Å². The summed E-state index contributed by atoms with van der Waals surface area (Å²) in [7, 11) is 0. The molecule has 1 aliphatic rings. The molecule has 1 aromatic carbocycles. The van der Waals surface area contributed by atoms with Crippen LogP contribution in [0, 0.1) is 6.92 Å². The average molecular weight is 390 g/mol. The van der Waals surface area contributed by atoms with Crippen molar-refractivity contribution in [2.24, 2.45) is 0 Å². The summed E-state index contributed by atoms with van der Waals surface area (Å²) in [5.41, 5.74) is 2.25. The van der Waals surface area contributed by atoms with E-state index in [2.05, 4.69) is 61.9 Å². The summed E-state index contributed by atoms with van der Waals surface area (Å²) < 4.78 is 0. The van der Waals surface area contributed by atoms with Gasteiger partial charge in [0, 0.05) is 63.4 Å². The molecule has 29 heavy (non-hydrogen) atoms. The fourth-order valence-electron chi connectivity index (χ4n) is 3.56. The SMILES string of the molecule is CCN(Cc1ccccc1)c1nc(C)cc(N2CCN(c3ncccn3)CC2)n1. The van der Waals surface area contributed by atoms with E-state index in [1.807, 2.05) is 19.1 Å². The van der Waals surface area contributed by atoms with Crippen LogP contribution in [0.15, 0.2) is 54.9 Å². The van der Waals surface area contributed by atoms with E-state index in [1.165, 1.54) is 5.56 Å². The molecular weight excluding hydrogens is 362 g/mol. The molecule has 0 bridgehead atoms. The normalized spacial score (nSPS) is 14.1. The molecule has 7 nitrogen and oxygen atoms in total. The molecule has 1 fully saturated rings. The molecule has 1 saturated heterocycles. The largest absolute Gasteiger partial charge is 0.353 e. The van der Waals surface area contributed by atoms with Gasteiger partial charge in [0.15, 0.2) is 0 Å². The summed E-state index contributed by atoms with van der Waals surface area (Å²) in [5, 5.41) is 0. The zero-order valence-electron chi connectivity index (χ0n) is 17.1. The Bertz CT molecular complexity index is 909. The first-order valence-electron chi connectivity index (χ1n) is 10.1. The van der Waals surface area contributed by atoms with Crippen LogP contribution in [0.2, 0.25) is 0 Å². The van der Waals surface area contributed by atoms with Crippen LogP contribution < -0.4 is 14.7 Å². The quantitative estimate of drug-likeness (QED) is 0.642. The lowest BCUT2D eigenvalue weighted by Crippen LogP contribution is -2.47. The Morgan fingerprint density at radius 3 is 2.28 bits per heavy atom. The van der Waals surface area contributed by atoms with Gasteiger partial charge in [0.25, 0.3) is 0 Å². The summed E-state index contributed by atoms with van der Waals surface area (Å²) in [6.45, 7) is 9.38. The standard InChI is InChI=1S/C22H27N7/c1-3-27(17-19-8-5-4-6-9-19)22-25-18(2)16-20(26-22)28-12-14-29(15-13-28)21-23-10-7-11-24-21/h4-11,16H,3,12-15,17H2,1-2H3. The molecule has 3 heterocycles. The van der Waals surface area contributed by atoms with Crippen molar-refractivity contribution in [1.29, 1.82) is 0 Å². The lowest BCUT2D eigenvalue weighted by atomic mass is 10.2. The molecule has 0 unspecified atom stereocenters. The topological polar surface area (TPSA) is 61.3 Å². The molecule has 4 rings (SSSR count). The summed E-state index contributed by atoms with van der Waals surface area (Å²) in [6.07, 6.45) is 3.58. The Morgan fingerprint density at radius 1 is 0.897 bits per heavy atom. The molecule has 3 aromatic rings. The van der Waals surface area contributed by atoms with Crippen LogP contribution in [0.25, 0.3) is 0 Å². The molecule has 0 atom stereocenters. The Hall–Kier alpha value is -3.22. The van der Waals surface area contributed by atoms with Gasteiger partial charge in [-0.2, -0.15) is 4.98 Å². The molecular formula is C22H27N7.